The van der Waals surface area contributed by atoms with Gasteiger partial charge in [-0.2, -0.15) is 0 Å². The van der Waals surface area contributed by atoms with Gasteiger partial charge < -0.3 is 5.32 Å². The van der Waals surface area contributed by atoms with Crippen molar-refractivity contribution in [1.29, 1.82) is 0 Å². The highest BCUT2D eigenvalue weighted by Gasteiger charge is 1.94. The number of hydrogen-bond acceptors (Lipinski definition) is 1. The molecule has 1 heteroatoms. The third-order valence-electron chi connectivity index (χ3n) is 2.19. The van der Waals surface area contributed by atoms with E-state index in [9.17, 15) is 0 Å². The van der Waals surface area contributed by atoms with Crippen LogP contribution in [0.15, 0.2) is 30.9 Å². The van der Waals surface area contributed by atoms with E-state index in [1.54, 1.807) is 0 Å². The second kappa shape index (κ2) is 4.83. The van der Waals surface area contributed by atoms with Crippen molar-refractivity contribution in [2.75, 3.05) is 6.54 Å². The molecule has 0 spiro atoms. The highest BCUT2D eigenvalue weighted by Crippen LogP contribution is 2.09. The average Bonchev–Trinajstić information content (AvgIpc) is 2.12. The molecule has 0 atom stereocenters. The maximum absolute atomic E-state index is 3.66. The van der Waals surface area contributed by atoms with Crippen molar-refractivity contribution in [3.05, 3.63) is 47.5 Å². The minimum Gasteiger partial charge on any atom is -0.309 e. The summed E-state index contributed by atoms with van der Waals surface area (Å²) in [5.41, 5.74) is 4.05. The van der Waals surface area contributed by atoms with E-state index in [1.807, 2.05) is 6.08 Å². The van der Waals surface area contributed by atoms with Crippen LogP contribution in [-0.2, 0) is 6.54 Å². The number of rotatable bonds is 4. The smallest absolute Gasteiger partial charge is 0.0208 e. The lowest BCUT2D eigenvalue weighted by atomic mass is 10.1. The molecule has 0 saturated carbocycles. The molecule has 70 valence electrons. The Bertz CT molecular complexity index is 289. The second-order valence-electron chi connectivity index (χ2n) is 3.34. The molecule has 0 radical (unpaired) electrons. The molecule has 0 bridgehead atoms. The molecular formula is C12H17N. The number of hydrogen-bond donors (Lipinski definition) is 1. The summed E-state index contributed by atoms with van der Waals surface area (Å²) in [5.74, 6) is 0. The zero-order chi connectivity index (χ0) is 9.68. The summed E-state index contributed by atoms with van der Waals surface area (Å²) < 4.78 is 0. The monoisotopic (exact) mass is 175 g/mol. The molecule has 0 amide bonds. The fourth-order valence-corrected chi connectivity index (χ4v) is 1.23. The number of benzene rings is 1. The second-order valence-corrected chi connectivity index (χ2v) is 3.34. The Morgan fingerprint density at radius 3 is 2.69 bits per heavy atom. The summed E-state index contributed by atoms with van der Waals surface area (Å²) in [6, 6.07) is 6.56. The highest BCUT2D eigenvalue weighted by molar-refractivity contribution is 5.29. The first-order chi connectivity index (χ1) is 6.24. The molecule has 0 aliphatic carbocycles. The molecular weight excluding hydrogens is 158 g/mol. The molecule has 13 heavy (non-hydrogen) atoms. The first kappa shape index (κ1) is 10.0. The molecule has 0 unspecified atom stereocenters. The Hall–Kier alpha value is -1.08. The van der Waals surface area contributed by atoms with Crippen LogP contribution < -0.4 is 5.32 Å². The van der Waals surface area contributed by atoms with E-state index in [-0.39, 0.29) is 0 Å². The SMILES string of the molecule is C=CCNCc1ccc(C)c(C)c1. The molecule has 0 aromatic heterocycles. The molecule has 1 rings (SSSR count). The molecule has 1 nitrogen and oxygen atoms in total. The van der Waals surface area contributed by atoms with E-state index in [0.29, 0.717) is 0 Å². The molecule has 1 N–H and O–H groups in total. The van der Waals surface area contributed by atoms with E-state index in [2.05, 4.69) is 43.9 Å². The van der Waals surface area contributed by atoms with E-state index >= 15 is 0 Å². The maximum Gasteiger partial charge on any atom is 0.0208 e. The number of nitrogens with one attached hydrogen (secondary N) is 1. The summed E-state index contributed by atoms with van der Waals surface area (Å²) in [7, 11) is 0. The van der Waals surface area contributed by atoms with E-state index in [1.165, 1.54) is 16.7 Å². The van der Waals surface area contributed by atoms with Gasteiger partial charge >= 0.3 is 0 Å². The molecule has 1 aromatic rings. The first-order valence-corrected chi connectivity index (χ1v) is 4.62. The first-order valence-electron chi connectivity index (χ1n) is 4.62. The predicted molar refractivity (Wildman–Crippen MR) is 57.8 cm³/mol. The van der Waals surface area contributed by atoms with Gasteiger partial charge in [-0.1, -0.05) is 24.3 Å². The van der Waals surface area contributed by atoms with Crippen LogP contribution in [0.3, 0.4) is 0 Å². The summed E-state index contributed by atoms with van der Waals surface area (Å²) in [6.07, 6.45) is 1.88. The van der Waals surface area contributed by atoms with Gasteiger partial charge in [-0.25, -0.2) is 0 Å². The summed E-state index contributed by atoms with van der Waals surface area (Å²) in [5, 5.41) is 3.28. The fraction of sp³-hybridized carbons (Fsp3) is 0.333. The van der Waals surface area contributed by atoms with Crippen molar-refractivity contribution >= 4 is 0 Å². The lowest BCUT2D eigenvalue weighted by Gasteiger charge is -2.05. The summed E-state index contributed by atoms with van der Waals surface area (Å²) >= 11 is 0. The molecule has 1 aromatic carbocycles. The summed E-state index contributed by atoms with van der Waals surface area (Å²) in [4.78, 5) is 0. The van der Waals surface area contributed by atoms with Gasteiger partial charge in [0.15, 0.2) is 0 Å². The molecule has 0 aliphatic rings. The highest BCUT2D eigenvalue weighted by atomic mass is 14.8. The molecule has 0 saturated heterocycles. The van der Waals surface area contributed by atoms with Gasteiger partial charge in [0.2, 0.25) is 0 Å². The quantitative estimate of drug-likeness (QED) is 0.548. The standard InChI is InChI=1S/C12H17N/c1-4-7-13-9-12-6-5-10(2)11(3)8-12/h4-6,8,13H,1,7,9H2,2-3H3. The summed E-state index contributed by atoms with van der Waals surface area (Å²) in [6.45, 7) is 9.73. The van der Waals surface area contributed by atoms with Crippen LogP contribution in [0.4, 0.5) is 0 Å². The molecule has 0 aliphatic heterocycles. The van der Waals surface area contributed by atoms with Crippen molar-refractivity contribution in [1.82, 2.24) is 5.32 Å². The average molecular weight is 175 g/mol. The van der Waals surface area contributed by atoms with E-state index < -0.39 is 0 Å². The van der Waals surface area contributed by atoms with Crippen LogP contribution in [0.2, 0.25) is 0 Å². The Labute approximate surface area is 80.5 Å². The van der Waals surface area contributed by atoms with E-state index in [0.717, 1.165) is 13.1 Å². The van der Waals surface area contributed by atoms with Gasteiger partial charge in [0.05, 0.1) is 0 Å². The third-order valence-corrected chi connectivity index (χ3v) is 2.19. The Morgan fingerprint density at radius 2 is 2.08 bits per heavy atom. The van der Waals surface area contributed by atoms with Crippen LogP contribution >= 0.6 is 0 Å². The zero-order valence-electron chi connectivity index (χ0n) is 8.43. The van der Waals surface area contributed by atoms with Gasteiger partial charge in [-0.05, 0) is 30.5 Å². The van der Waals surface area contributed by atoms with Gasteiger partial charge in [-0.3, -0.25) is 0 Å². The minimum atomic E-state index is 0.868. The topological polar surface area (TPSA) is 12.0 Å². The van der Waals surface area contributed by atoms with Crippen LogP contribution in [0.5, 0.6) is 0 Å². The van der Waals surface area contributed by atoms with Gasteiger partial charge in [0, 0.05) is 13.1 Å². The number of aryl methyl sites for hydroxylation is 2. The molecule has 0 heterocycles. The Balaban J connectivity index is 2.57. The lowest BCUT2D eigenvalue weighted by Crippen LogP contribution is -2.12. The zero-order valence-corrected chi connectivity index (χ0v) is 8.43. The normalized spacial score (nSPS) is 10.0. The predicted octanol–water partition coefficient (Wildman–Crippen LogP) is 2.58. The van der Waals surface area contributed by atoms with Crippen LogP contribution in [0.25, 0.3) is 0 Å². The van der Waals surface area contributed by atoms with Gasteiger partial charge in [0.1, 0.15) is 0 Å². The van der Waals surface area contributed by atoms with Crippen molar-refractivity contribution in [2.24, 2.45) is 0 Å². The Morgan fingerprint density at radius 1 is 1.31 bits per heavy atom. The van der Waals surface area contributed by atoms with Crippen molar-refractivity contribution < 1.29 is 0 Å². The van der Waals surface area contributed by atoms with Crippen molar-refractivity contribution in [2.45, 2.75) is 20.4 Å². The maximum atomic E-state index is 3.66. The van der Waals surface area contributed by atoms with Crippen LogP contribution in [-0.4, -0.2) is 6.54 Å². The molecule has 0 fully saturated rings. The van der Waals surface area contributed by atoms with Gasteiger partial charge in [0.25, 0.3) is 0 Å². The lowest BCUT2D eigenvalue weighted by molar-refractivity contribution is 0.759. The Kier molecular flexibility index (Phi) is 3.71. The van der Waals surface area contributed by atoms with E-state index in [4.69, 9.17) is 0 Å². The third kappa shape index (κ3) is 3.03. The minimum absolute atomic E-state index is 0.868. The largest absolute Gasteiger partial charge is 0.309 e. The van der Waals surface area contributed by atoms with Crippen molar-refractivity contribution in [3.63, 3.8) is 0 Å². The van der Waals surface area contributed by atoms with Gasteiger partial charge in [-0.15, -0.1) is 6.58 Å². The van der Waals surface area contributed by atoms with Crippen molar-refractivity contribution in [3.8, 4) is 0 Å². The van der Waals surface area contributed by atoms with Crippen LogP contribution in [0, 0.1) is 13.8 Å². The fourth-order valence-electron chi connectivity index (χ4n) is 1.23. The van der Waals surface area contributed by atoms with Crippen LogP contribution in [0.1, 0.15) is 16.7 Å².